The topological polar surface area (TPSA) is 50.7 Å². The number of aliphatic imine (C=N–C) groups is 1. The smallest absolute Gasteiger partial charge is 0.247 e. The van der Waals surface area contributed by atoms with Crippen LogP contribution in [0.15, 0.2) is 34.2 Å². The van der Waals surface area contributed by atoms with Crippen molar-refractivity contribution in [2.45, 2.75) is 11.0 Å². The first kappa shape index (κ1) is 9.72. The van der Waals surface area contributed by atoms with E-state index in [4.69, 9.17) is 4.74 Å². The summed E-state index contributed by atoms with van der Waals surface area (Å²) in [6.07, 6.45) is -0.133. The van der Waals surface area contributed by atoms with Gasteiger partial charge in [0.1, 0.15) is 18.1 Å². The maximum atomic E-state index is 11.1. The SMILES string of the molecule is O=C1CN=C(C2CSc3ccccc3O2)N1. The molecule has 1 N–H and O–H groups in total. The number of hydrogen-bond donors (Lipinski definition) is 1. The number of carbonyl (C=O) groups excluding carboxylic acids is 1. The molecule has 4 nitrogen and oxygen atoms in total. The van der Waals surface area contributed by atoms with Crippen molar-refractivity contribution in [1.29, 1.82) is 0 Å². The summed E-state index contributed by atoms with van der Waals surface area (Å²) in [5.74, 6) is 2.26. The fraction of sp³-hybridized carbons (Fsp3) is 0.273. The zero-order chi connectivity index (χ0) is 11.0. The monoisotopic (exact) mass is 234 g/mol. The number of nitrogens with one attached hydrogen (secondary N) is 1. The highest BCUT2D eigenvalue weighted by atomic mass is 32.2. The molecule has 2 aliphatic heterocycles. The van der Waals surface area contributed by atoms with Gasteiger partial charge >= 0.3 is 0 Å². The molecule has 2 aliphatic rings. The Bertz CT molecular complexity index is 473. The molecule has 3 rings (SSSR count). The van der Waals surface area contributed by atoms with Crippen LogP contribution in [-0.2, 0) is 4.79 Å². The van der Waals surface area contributed by atoms with Crippen molar-refractivity contribution in [3.63, 3.8) is 0 Å². The predicted octanol–water partition coefficient (Wildman–Crippen LogP) is 1.07. The van der Waals surface area contributed by atoms with E-state index in [1.807, 2.05) is 24.3 Å². The van der Waals surface area contributed by atoms with E-state index < -0.39 is 0 Å². The molecule has 0 spiro atoms. The molecule has 1 aromatic rings. The van der Waals surface area contributed by atoms with Gasteiger partial charge in [0.15, 0.2) is 6.10 Å². The van der Waals surface area contributed by atoms with Crippen LogP contribution in [0.3, 0.4) is 0 Å². The molecular formula is C11H10N2O2S. The minimum Gasteiger partial charge on any atom is -0.480 e. The number of amidine groups is 1. The Hall–Kier alpha value is -1.49. The third-order valence-corrected chi connectivity index (χ3v) is 3.59. The number of rotatable bonds is 1. The molecule has 0 radical (unpaired) electrons. The van der Waals surface area contributed by atoms with E-state index in [2.05, 4.69) is 10.3 Å². The van der Waals surface area contributed by atoms with Gasteiger partial charge in [0.05, 0.1) is 0 Å². The second-order valence-corrected chi connectivity index (χ2v) is 4.68. The molecule has 2 heterocycles. The highest BCUT2D eigenvalue weighted by Crippen LogP contribution is 2.35. The van der Waals surface area contributed by atoms with Gasteiger partial charge in [-0.1, -0.05) is 12.1 Å². The third-order valence-electron chi connectivity index (χ3n) is 2.47. The molecule has 1 aromatic carbocycles. The number of ether oxygens (including phenoxy) is 1. The largest absolute Gasteiger partial charge is 0.480 e. The predicted molar refractivity (Wildman–Crippen MR) is 62.0 cm³/mol. The minimum atomic E-state index is -0.133. The van der Waals surface area contributed by atoms with E-state index in [0.29, 0.717) is 5.84 Å². The molecule has 0 saturated heterocycles. The first-order valence-corrected chi connectivity index (χ1v) is 6.04. The maximum Gasteiger partial charge on any atom is 0.247 e. The summed E-state index contributed by atoms with van der Waals surface area (Å²) >= 11 is 1.73. The van der Waals surface area contributed by atoms with Crippen molar-refractivity contribution < 1.29 is 9.53 Å². The molecule has 82 valence electrons. The number of hydrogen-bond acceptors (Lipinski definition) is 4. The standard InChI is InChI=1S/C11H10N2O2S/c14-10-5-12-11(13-10)8-6-16-9-4-2-1-3-7(9)15-8/h1-4,8H,5-6H2,(H,12,13,14). The molecule has 0 aromatic heterocycles. The third kappa shape index (κ3) is 1.67. The molecule has 16 heavy (non-hydrogen) atoms. The molecule has 0 bridgehead atoms. The Morgan fingerprint density at radius 1 is 1.44 bits per heavy atom. The zero-order valence-electron chi connectivity index (χ0n) is 8.47. The van der Waals surface area contributed by atoms with Crippen LogP contribution in [-0.4, -0.2) is 30.1 Å². The first-order valence-electron chi connectivity index (χ1n) is 5.05. The number of benzene rings is 1. The van der Waals surface area contributed by atoms with Gasteiger partial charge in [0.25, 0.3) is 0 Å². The van der Waals surface area contributed by atoms with Crippen molar-refractivity contribution in [3.05, 3.63) is 24.3 Å². The van der Waals surface area contributed by atoms with Gasteiger partial charge in [-0.2, -0.15) is 0 Å². The van der Waals surface area contributed by atoms with Crippen LogP contribution in [0.1, 0.15) is 0 Å². The van der Waals surface area contributed by atoms with Crippen LogP contribution in [0.25, 0.3) is 0 Å². The van der Waals surface area contributed by atoms with Gasteiger partial charge in [0, 0.05) is 10.6 Å². The fourth-order valence-corrected chi connectivity index (χ4v) is 2.71. The number of fused-ring (bicyclic) bond motifs is 1. The van der Waals surface area contributed by atoms with Gasteiger partial charge in [-0.3, -0.25) is 9.79 Å². The molecule has 0 aliphatic carbocycles. The first-order chi connectivity index (χ1) is 7.83. The highest BCUT2D eigenvalue weighted by Gasteiger charge is 2.28. The normalized spacial score (nSPS) is 23.1. The summed E-state index contributed by atoms with van der Waals surface area (Å²) in [6, 6.07) is 7.90. The molecule has 0 fully saturated rings. The van der Waals surface area contributed by atoms with Crippen LogP contribution in [0.2, 0.25) is 0 Å². The molecule has 5 heteroatoms. The van der Waals surface area contributed by atoms with Crippen LogP contribution in [0.5, 0.6) is 5.75 Å². The molecule has 1 unspecified atom stereocenters. The Labute approximate surface area is 97.1 Å². The number of carbonyl (C=O) groups is 1. The summed E-state index contributed by atoms with van der Waals surface area (Å²) in [5.41, 5.74) is 0. The van der Waals surface area contributed by atoms with Gasteiger partial charge < -0.3 is 10.1 Å². The second kappa shape index (κ2) is 3.83. The van der Waals surface area contributed by atoms with E-state index in [9.17, 15) is 4.79 Å². The van der Waals surface area contributed by atoms with Crippen LogP contribution in [0.4, 0.5) is 0 Å². The summed E-state index contributed by atoms with van der Waals surface area (Å²) in [5, 5.41) is 2.73. The molecular weight excluding hydrogens is 224 g/mol. The van der Waals surface area contributed by atoms with Crippen LogP contribution >= 0.6 is 11.8 Å². The Morgan fingerprint density at radius 2 is 2.31 bits per heavy atom. The van der Waals surface area contributed by atoms with Crippen molar-refractivity contribution in [2.75, 3.05) is 12.3 Å². The summed E-state index contributed by atoms with van der Waals surface area (Å²) < 4.78 is 5.80. The number of para-hydroxylation sites is 1. The van der Waals surface area contributed by atoms with Gasteiger partial charge in [-0.25, -0.2) is 0 Å². The second-order valence-electron chi connectivity index (χ2n) is 3.61. The van der Waals surface area contributed by atoms with Gasteiger partial charge in [-0.05, 0) is 12.1 Å². The van der Waals surface area contributed by atoms with Gasteiger partial charge in [-0.15, -0.1) is 11.8 Å². The summed E-state index contributed by atoms with van der Waals surface area (Å²) in [4.78, 5) is 16.3. The lowest BCUT2D eigenvalue weighted by Crippen LogP contribution is -2.40. The van der Waals surface area contributed by atoms with Crippen molar-refractivity contribution in [2.24, 2.45) is 4.99 Å². The average molecular weight is 234 g/mol. The minimum absolute atomic E-state index is 0.0533. The number of nitrogens with zero attached hydrogens (tertiary/aromatic N) is 1. The van der Waals surface area contributed by atoms with E-state index in [1.165, 1.54) is 0 Å². The number of amides is 1. The average Bonchev–Trinajstić information content (AvgIpc) is 2.75. The van der Waals surface area contributed by atoms with E-state index >= 15 is 0 Å². The van der Waals surface area contributed by atoms with Crippen molar-refractivity contribution >= 4 is 23.5 Å². The molecule has 0 saturated carbocycles. The number of thioether (sulfide) groups is 1. The summed E-state index contributed by atoms with van der Waals surface area (Å²) in [7, 11) is 0. The van der Waals surface area contributed by atoms with Crippen molar-refractivity contribution in [1.82, 2.24) is 5.32 Å². The van der Waals surface area contributed by atoms with E-state index in [1.54, 1.807) is 11.8 Å². The lowest BCUT2D eigenvalue weighted by molar-refractivity contribution is -0.117. The van der Waals surface area contributed by atoms with E-state index in [0.717, 1.165) is 16.4 Å². The Kier molecular flexibility index (Phi) is 2.32. The lowest BCUT2D eigenvalue weighted by atomic mass is 10.3. The quantitative estimate of drug-likeness (QED) is 0.790. The Balaban J connectivity index is 1.80. The van der Waals surface area contributed by atoms with Gasteiger partial charge in [0.2, 0.25) is 5.91 Å². The zero-order valence-corrected chi connectivity index (χ0v) is 9.29. The van der Waals surface area contributed by atoms with E-state index in [-0.39, 0.29) is 18.6 Å². The highest BCUT2D eigenvalue weighted by molar-refractivity contribution is 7.99. The molecule has 1 atom stereocenters. The van der Waals surface area contributed by atoms with Crippen LogP contribution < -0.4 is 10.1 Å². The molecule has 1 amide bonds. The summed E-state index contributed by atoms with van der Waals surface area (Å²) in [6.45, 7) is 0.224. The van der Waals surface area contributed by atoms with Crippen LogP contribution in [0, 0.1) is 0 Å². The lowest BCUT2D eigenvalue weighted by Gasteiger charge is -2.25. The maximum absolute atomic E-state index is 11.1. The fourth-order valence-electron chi connectivity index (χ4n) is 1.72. The Morgan fingerprint density at radius 3 is 3.12 bits per heavy atom. The van der Waals surface area contributed by atoms with Crippen molar-refractivity contribution in [3.8, 4) is 5.75 Å².